The van der Waals surface area contributed by atoms with E-state index in [0.29, 0.717) is 27.4 Å². The highest BCUT2D eigenvalue weighted by atomic mass is 35.5. The van der Waals surface area contributed by atoms with Crippen molar-refractivity contribution in [2.45, 2.75) is 23.2 Å². The third-order valence-corrected chi connectivity index (χ3v) is 6.22. The molecule has 0 spiro atoms. The Morgan fingerprint density at radius 2 is 1.97 bits per heavy atom. The zero-order valence-electron chi connectivity index (χ0n) is 17.0. The summed E-state index contributed by atoms with van der Waals surface area (Å²) >= 11 is 7.46. The highest BCUT2D eigenvalue weighted by Gasteiger charge is 2.34. The van der Waals surface area contributed by atoms with Crippen molar-refractivity contribution >= 4 is 46.7 Å². The number of fused-ring (bicyclic) bond motifs is 1. The van der Waals surface area contributed by atoms with E-state index in [-0.39, 0.29) is 23.7 Å². The molecule has 4 rings (SSSR count). The Balaban J connectivity index is 1.56. The van der Waals surface area contributed by atoms with Gasteiger partial charge < -0.3 is 20.4 Å². The van der Waals surface area contributed by atoms with Crippen LogP contribution in [0.25, 0.3) is 0 Å². The van der Waals surface area contributed by atoms with Crippen LogP contribution in [0.4, 0.5) is 11.5 Å². The van der Waals surface area contributed by atoms with Gasteiger partial charge in [0.1, 0.15) is 11.6 Å². The van der Waals surface area contributed by atoms with Crippen LogP contribution in [0.1, 0.15) is 23.5 Å². The molecule has 1 aromatic heterocycles. The molecule has 0 saturated carbocycles. The number of hydrogen-bond donors (Lipinski definition) is 3. The first-order chi connectivity index (χ1) is 15.4. The summed E-state index contributed by atoms with van der Waals surface area (Å²) < 4.78 is 5.10. The summed E-state index contributed by atoms with van der Waals surface area (Å²) in [7, 11) is 1.55. The van der Waals surface area contributed by atoms with E-state index in [0.717, 1.165) is 5.56 Å². The molecule has 0 radical (unpaired) electrons. The van der Waals surface area contributed by atoms with Crippen molar-refractivity contribution < 1.29 is 14.3 Å². The van der Waals surface area contributed by atoms with Gasteiger partial charge in [0.15, 0.2) is 5.16 Å². The van der Waals surface area contributed by atoms with Gasteiger partial charge >= 0.3 is 0 Å². The van der Waals surface area contributed by atoms with Gasteiger partial charge in [0.05, 0.1) is 18.6 Å². The molecule has 8 nitrogen and oxygen atoms in total. The number of aromatic amines is 1. The Kier molecular flexibility index (Phi) is 6.48. The number of H-pyrrole nitrogens is 1. The molecular formula is C22H19ClN4O4S. The molecule has 3 aromatic rings. The van der Waals surface area contributed by atoms with Crippen LogP contribution in [-0.2, 0) is 15.3 Å². The zero-order valence-corrected chi connectivity index (χ0v) is 18.5. The number of nitrogens with zero attached hydrogens (tertiary/aromatic N) is 1. The van der Waals surface area contributed by atoms with Gasteiger partial charge in [-0.1, -0.05) is 41.6 Å². The lowest BCUT2D eigenvalue weighted by molar-refractivity contribution is -0.123. The largest absolute Gasteiger partial charge is 0.497 e. The fraction of sp³-hybridized carbons (Fsp3) is 0.182. The second kappa shape index (κ2) is 9.46. The minimum absolute atomic E-state index is 0.0986. The molecule has 2 aromatic carbocycles. The molecule has 2 heterocycles. The van der Waals surface area contributed by atoms with Crippen molar-refractivity contribution in [3.05, 3.63) is 75.0 Å². The summed E-state index contributed by atoms with van der Waals surface area (Å²) in [5.74, 6) is -0.576. The van der Waals surface area contributed by atoms with Gasteiger partial charge in [-0.2, -0.15) is 0 Å². The number of halogens is 1. The van der Waals surface area contributed by atoms with Gasteiger partial charge in [-0.3, -0.25) is 14.4 Å². The quantitative estimate of drug-likeness (QED) is 0.373. The van der Waals surface area contributed by atoms with Crippen molar-refractivity contribution in [3.63, 3.8) is 0 Å². The summed E-state index contributed by atoms with van der Waals surface area (Å²) in [6.07, 6.45) is -0.147. The maximum absolute atomic E-state index is 12.9. The Bertz CT molecular complexity index is 1230. The van der Waals surface area contributed by atoms with Crippen LogP contribution in [0.15, 0.2) is 58.5 Å². The number of carbonyl (C=O) groups is 2. The van der Waals surface area contributed by atoms with Gasteiger partial charge in [0.25, 0.3) is 5.56 Å². The summed E-state index contributed by atoms with van der Waals surface area (Å²) in [4.78, 5) is 45.0. The highest BCUT2D eigenvalue weighted by Crippen LogP contribution is 2.31. The van der Waals surface area contributed by atoms with E-state index in [1.165, 1.54) is 11.8 Å². The molecule has 1 unspecified atom stereocenters. The van der Waals surface area contributed by atoms with Crippen molar-refractivity contribution in [1.29, 1.82) is 0 Å². The SMILES string of the molecule is COc1ccc(NC(=O)C2CC(=O)Nc3nc(SCc4ccccc4Cl)[nH]c(=O)c32)cc1. The number of benzene rings is 2. The average molecular weight is 471 g/mol. The highest BCUT2D eigenvalue weighted by molar-refractivity contribution is 7.98. The van der Waals surface area contributed by atoms with E-state index >= 15 is 0 Å². The van der Waals surface area contributed by atoms with Gasteiger partial charge in [0.2, 0.25) is 11.8 Å². The Morgan fingerprint density at radius 1 is 1.22 bits per heavy atom. The molecule has 164 valence electrons. The second-order valence-electron chi connectivity index (χ2n) is 7.04. The van der Waals surface area contributed by atoms with Crippen LogP contribution in [-0.4, -0.2) is 28.9 Å². The molecule has 0 saturated heterocycles. The number of nitrogens with one attached hydrogen (secondary N) is 3. The molecule has 0 fully saturated rings. The standard InChI is InChI=1S/C22H19ClN4O4S/c1-31-14-8-6-13(7-9-14)24-20(29)15-10-17(28)25-19-18(15)21(30)27-22(26-19)32-11-12-4-2-3-5-16(12)23/h2-9,15H,10-11H2,1H3,(H,24,29)(H2,25,26,27,28,30). The van der Waals surface area contributed by atoms with Crippen LogP contribution < -0.4 is 20.9 Å². The normalized spacial score (nSPS) is 14.9. The molecule has 2 amide bonds. The van der Waals surface area contributed by atoms with E-state index in [1.807, 2.05) is 18.2 Å². The number of amides is 2. The fourth-order valence-electron chi connectivity index (χ4n) is 3.31. The Labute approximate surface area is 192 Å². The average Bonchev–Trinajstić information content (AvgIpc) is 2.78. The van der Waals surface area contributed by atoms with Crippen LogP contribution >= 0.6 is 23.4 Å². The fourth-order valence-corrected chi connectivity index (χ4v) is 4.45. The number of methoxy groups -OCH3 is 1. The number of rotatable bonds is 6. The van der Waals surface area contributed by atoms with Gasteiger partial charge in [0, 0.05) is 22.9 Å². The van der Waals surface area contributed by atoms with Crippen molar-refractivity contribution in [2.75, 3.05) is 17.7 Å². The number of thioether (sulfide) groups is 1. The maximum Gasteiger partial charge on any atom is 0.257 e. The molecule has 3 N–H and O–H groups in total. The molecule has 1 atom stereocenters. The maximum atomic E-state index is 12.9. The lowest BCUT2D eigenvalue weighted by Crippen LogP contribution is -2.36. The first kappa shape index (κ1) is 21.9. The lowest BCUT2D eigenvalue weighted by atomic mass is 9.92. The Hall–Kier alpha value is -3.30. The summed E-state index contributed by atoms with van der Waals surface area (Å²) in [5, 5.41) is 6.29. The van der Waals surface area contributed by atoms with Crippen molar-refractivity contribution in [2.24, 2.45) is 0 Å². The monoisotopic (exact) mass is 470 g/mol. The van der Waals surface area contributed by atoms with Gasteiger partial charge in [-0.05, 0) is 35.9 Å². The third-order valence-electron chi connectivity index (χ3n) is 4.93. The van der Waals surface area contributed by atoms with E-state index in [2.05, 4.69) is 20.6 Å². The third kappa shape index (κ3) is 4.79. The van der Waals surface area contributed by atoms with E-state index in [1.54, 1.807) is 37.4 Å². The van der Waals surface area contributed by atoms with E-state index in [4.69, 9.17) is 16.3 Å². The molecule has 10 heteroatoms. The number of anilines is 2. The van der Waals surface area contributed by atoms with Crippen LogP contribution in [0.2, 0.25) is 5.02 Å². The molecule has 32 heavy (non-hydrogen) atoms. The smallest absolute Gasteiger partial charge is 0.257 e. The number of carbonyl (C=O) groups excluding carboxylic acids is 2. The lowest BCUT2D eigenvalue weighted by Gasteiger charge is -2.23. The van der Waals surface area contributed by atoms with Gasteiger partial charge in [-0.25, -0.2) is 4.98 Å². The summed E-state index contributed by atoms with van der Waals surface area (Å²) in [5.41, 5.74) is 1.09. The van der Waals surface area contributed by atoms with Crippen LogP contribution in [0.3, 0.4) is 0 Å². The molecular weight excluding hydrogens is 452 g/mol. The first-order valence-corrected chi connectivity index (χ1v) is 11.1. The minimum Gasteiger partial charge on any atom is -0.497 e. The minimum atomic E-state index is -0.959. The summed E-state index contributed by atoms with van der Waals surface area (Å²) in [6, 6.07) is 14.1. The molecule has 0 aliphatic carbocycles. The predicted octanol–water partition coefficient (Wildman–Crippen LogP) is 3.79. The zero-order chi connectivity index (χ0) is 22.7. The molecule has 1 aliphatic heterocycles. The Morgan fingerprint density at radius 3 is 2.69 bits per heavy atom. The predicted molar refractivity (Wildman–Crippen MR) is 123 cm³/mol. The van der Waals surface area contributed by atoms with E-state index < -0.39 is 17.4 Å². The van der Waals surface area contributed by atoms with Crippen molar-refractivity contribution in [3.8, 4) is 5.75 Å². The van der Waals surface area contributed by atoms with Gasteiger partial charge in [-0.15, -0.1) is 0 Å². The summed E-state index contributed by atoms with van der Waals surface area (Å²) in [6.45, 7) is 0. The number of ether oxygens (including phenoxy) is 1. The van der Waals surface area contributed by atoms with E-state index in [9.17, 15) is 14.4 Å². The van der Waals surface area contributed by atoms with Crippen molar-refractivity contribution in [1.82, 2.24) is 9.97 Å². The van der Waals surface area contributed by atoms with Crippen LogP contribution in [0.5, 0.6) is 5.75 Å². The first-order valence-electron chi connectivity index (χ1n) is 9.70. The number of aromatic nitrogens is 2. The molecule has 1 aliphatic rings. The number of hydrogen-bond acceptors (Lipinski definition) is 6. The molecule has 0 bridgehead atoms. The second-order valence-corrected chi connectivity index (χ2v) is 8.41. The topological polar surface area (TPSA) is 113 Å². The van der Waals surface area contributed by atoms with Crippen LogP contribution in [0, 0.1) is 0 Å².